The third-order valence-corrected chi connectivity index (χ3v) is 6.62. The van der Waals surface area contributed by atoms with Crippen molar-refractivity contribution in [2.24, 2.45) is 0 Å². The van der Waals surface area contributed by atoms with Gasteiger partial charge in [0.15, 0.2) is 17.0 Å². The van der Waals surface area contributed by atoms with Crippen LogP contribution in [0.4, 0.5) is 16.6 Å². The van der Waals surface area contributed by atoms with Crippen molar-refractivity contribution >= 4 is 42.6 Å². The van der Waals surface area contributed by atoms with Crippen LogP contribution < -0.4 is 10.6 Å². The Kier molecular flexibility index (Phi) is 9.32. The molecular formula is C23H39N6O7P. The fourth-order valence-corrected chi connectivity index (χ4v) is 5.62. The van der Waals surface area contributed by atoms with Crippen LogP contribution in [0, 0.1) is 0 Å². The third kappa shape index (κ3) is 10.6. The maximum atomic E-state index is 13.4. The number of amides is 1. The molecular weight excluding hydrogens is 503 g/mol. The number of aromatic nitrogens is 4. The zero-order valence-electron chi connectivity index (χ0n) is 23.0. The topological polar surface area (TPSA) is 167 Å². The number of carbonyl (C=O) groups is 2. The number of fused-ring (bicyclic) bond motifs is 1. The van der Waals surface area contributed by atoms with Crippen LogP contribution in [0.5, 0.6) is 0 Å². The number of aliphatic carboxylic acids is 1. The molecule has 0 radical (unpaired) electrons. The number of carbonyl (C=O) groups excluding carboxylic acids is 1. The summed E-state index contributed by atoms with van der Waals surface area (Å²) in [5.74, 6) is -0.903. The molecule has 3 N–H and O–H groups in total. The first kappa shape index (κ1) is 30.5. The number of hydrogen-bond acceptors (Lipinski definition) is 10. The summed E-state index contributed by atoms with van der Waals surface area (Å²) >= 11 is 0. The second kappa shape index (κ2) is 11.3. The van der Waals surface area contributed by atoms with E-state index in [2.05, 4.69) is 25.6 Å². The molecule has 0 aliphatic rings. The summed E-state index contributed by atoms with van der Waals surface area (Å²) < 4.78 is 31.6. The first-order valence-electron chi connectivity index (χ1n) is 11.9. The van der Waals surface area contributed by atoms with E-state index in [1.54, 1.807) is 20.8 Å². The van der Waals surface area contributed by atoms with Gasteiger partial charge in [0.1, 0.15) is 12.1 Å². The summed E-state index contributed by atoms with van der Waals surface area (Å²) in [4.78, 5) is 36.5. The molecule has 2 aromatic heterocycles. The van der Waals surface area contributed by atoms with Gasteiger partial charge in [-0.1, -0.05) is 0 Å². The molecule has 0 fully saturated rings. The zero-order chi connectivity index (χ0) is 28.2. The van der Waals surface area contributed by atoms with Crippen molar-refractivity contribution < 1.29 is 33.0 Å². The van der Waals surface area contributed by atoms with Crippen molar-refractivity contribution in [3.8, 4) is 0 Å². The van der Waals surface area contributed by atoms with Gasteiger partial charge >= 0.3 is 19.7 Å². The van der Waals surface area contributed by atoms with E-state index in [9.17, 15) is 19.3 Å². The predicted molar refractivity (Wildman–Crippen MR) is 140 cm³/mol. The fraction of sp³-hybridized carbons (Fsp3) is 0.696. The van der Waals surface area contributed by atoms with Gasteiger partial charge in [0, 0.05) is 6.54 Å². The molecule has 13 nitrogen and oxygen atoms in total. The van der Waals surface area contributed by atoms with Gasteiger partial charge in [0.25, 0.3) is 0 Å². The number of hydrogen-bond donors (Lipinski definition) is 3. The highest BCUT2D eigenvalue weighted by Crippen LogP contribution is 2.54. The second-order valence-corrected chi connectivity index (χ2v) is 13.5. The predicted octanol–water partition coefficient (Wildman–Crippen LogP) is 4.88. The number of carboxylic acids is 1. The molecule has 0 atom stereocenters. The maximum Gasteiger partial charge on any atom is 0.413 e. The minimum absolute atomic E-state index is 0.0590. The molecule has 0 aromatic carbocycles. The van der Waals surface area contributed by atoms with E-state index >= 15 is 0 Å². The van der Waals surface area contributed by atoms with E-state index in [0.717, 1.165) is 0 Å². The molecule has 37 heavy (non-hydrogen) atoms. The summed E-state index contributed by atoms with van der Waals surface area (Å²) in [6.07, 6.45) is 1.11. The minimum Gasteiger partial charge on any atom is -0.480 e. The highest BCUT2D eigenvalue weighted by molar-refractivity contribution is 7.53. The Morgan fingerprint density at radius 1 is 1.00 bits per heavy atom. The monoisotopic (exact) mass is 542 g/mol. The van der Waals surface area contributed by atoms with Crippen molar-refractivity contribution in [2.75, 3.05) is 23.3 Å². The molecule has 0 unspecified atom stereocenters. The average molecular weight is 543 g/mol. The lowest BCUT2D eigenvalue weighted by Gasteiger charge is -2.32. The lowest BCUT2D eigenvalue weighted by atomic mass is 10.2. The van der Waals surface area contributed by atoms with E-state index in [1.165, 1.54) is 10.9 Å². The van der Waals surface area contributed by atoms with Crippen LogP contribution in [0.3, 0.4) is 0 Å². The molecule has 0 saturated carbocycles. The molecule has 0 aliphatic heterocycles. The fourth-order valence-electron chi connectivity index (χ4n) is 3.19. The molecule has 0 bridgehead atoms. The van der Waals surface area contributed by atoms with Crippen molar-refractivity contribution in [3.05, 3.63) is 6.33 Å². The van der Waals surface area contributed by atoms with E-state index in [0.29, 0.717) is 13.0 Å². The largest absolute Gasteiger partial charge is 0.480 e. The lowest BCUT2D eigenvalue weighted by Crippen LogP contribution is -2.27. The summed E-state index contributed by atoms with van der Waals surface area (Å²) in [6, 6.07) is 0. The van der Waals surface area contributed by atoms with Crippen molar-refractivity contribution in [3.63, 3.8) is 0 Å². The Labute approximate surface area is 217 Å². The van der Waals surface area contributed by atoms with Gasteiger partial charge in [-0.05, 0) is 68.7 Å². The number of nitrogens with zero attached hydrogens (tertiary/aromatic N) is 4. The Hall–Kier alpha value is -2.76. The number of rotatable bonds is 10. The first-order chi connectivity index (χ1) is 16.8. The van der Waals surface area contributed by atoms with Gasteiger partial charge in [0.05, 0.1) is 23.7 Å². The van der Waals surface area contributed by atoms with Crippen LogP contribution in [-0.4, -0.2) is 66.2 Å². The molecule has 0 saturated heterocycles. The van der Waals surface area contributed by atoms with E-state index in [4.69, 9.17) is 13.8 Å². The second-order valence-electron chi connectivity index (χ2n) is 11.5. The minimum atomic E-state index is -3.42. The SMILES string of the molecule is CC(C)(C)OC(=O)Nc1nc(NCCCP(=O)(OC(C)(C)C)OC(C)(C)C)nc2c1ncn2CC(=O)O. The average Bonchev–Trinajstić information content (AvgIpc) is 3.03. The molecule has 0 aliphatic carbocycles. The van der Waals surface area contributed by atoms with Gasteiger partial charge in [0.2, 0.25) is 5.95 Å². The van der Waals surface area contributed by atoms with Gasteiger partial charge in [-0.25, -0.2) is 9.78 Å². The number of carboxylic acid groups (broad SMARTS) is 1. The summed E-state index contributed by atoms with van der Waals surface area (Å²) in [6.45, 7) is 16.0. The van der Waals surface area contributed by atoms with Crippen molar-refractivity contribution in [2.45, 2.75) is 92.1 Å². The Bertz CT molecular complexity index is 1140. The molecule has 2 rings (SSSR count). The Morgan fingerprint density at radius 3 is 2.11 bits per heavy atom. The number of anilines is 2. The van der Waals surface area contributed by atoms with E-state index < -0.39 is 36.5 Å². The van der Waals surface area contributed by atoms with Crippen molar-refractivity contribution in [1.82, 2.24) is 19.5 Å². The molecule has 1 amide bonds. The number of imidazole rings is 1. The van der Waals surface area contributed by atoms with Gasteiger partial charge in [-0.15, -0.1) is 0 Å². The zero-order valence-corrected chi connectivity index (χ0v) is 23.9. The summed E-state index contributed by atoms with van der Waals surface area (Å²) in [5.41, 5.74) is -1.64. The molecule has 14 heteroatoms. The molecule has 2 heterocycles. The normalized spacial score (nSPS) is 13.0. The smallest absolute Gasteiger partial charge is 0.413 e. The van der Waals surface area contributed by atoms with Crippen LogP contribution in [0.1, 0.15) is 68.7 Å². The summed E-state index contributed by atoms with van der Waals surface area (Å²) in [5, 5.41) is 14.8. The van der Waals surface area contributed by atoms with Gasteiger partial charge in [-0.3, -0.25) is 14.7 Å². The van der Waals surface area contributed by atoms with Gasteiger partial charge in [-0.2, -0.15) is 9.97 Å². The van der Waals surface area contributed by atoms with Crippen LogP contribution in [-0.2, 0) is 29.7 Å². The van der Waals surface area contributed by atoms with E-state index in [1.807, 2.05) is 41.5 Å². The van der Waals surface area contributed by atoms with Crippen LogP contribution in [0.25, 0.3) is 11.2 Å². The Morgan fingerprint density at radius 2 is 1.59 bits per heavy atom. The van der Waals surface area contributed by atoms with Crippen molar-refractivity contribution in [1.29, 1.82) is 0 Å². The standard InChI is InChI=1S/C23H39N6O7P/c1-21(2,3)34-20(32)27-17-16-18(29(14-25-16)13-15(30)31)28-19(26-17)24-11-10-12-37(33,35-22(4,5)6)36-23(7,8)9/h14H,10-13H2,1-9H3,(H,30,31)(H2,24,26,27,28,32). The third-order valence-electron chi connectivity index (χ3n) is 4.11. The number of ether oxygens (including phenoxy) is 1. The quantitative estimate of drug-likeness (QED) is 0.276. The van der Waals surface area contributed by atoms with Gasteiger partial charge < -0.3 is 28.8 Å². The van der Waals surface area contributed by atoms with E-state index in [-0.39, 0.29) is 35.6 Å². The highest BCUT2D eigenvalue weighted by atomic mass is 31.2. The highest BCUT2D eigenvalue weighted by Gasteiger charge is 2.34. The lowest BCUT2D eigenvalue weighted by molar-refractivity contribution is -0.137. The molecule has 0 spiro atoms. The van der Waals surface area contributed by atoms with Crippen LogP contribution >= 0.6 is 7.60 Å². The maximum absolute atomic E-state index is 13.4. The molecule has 208 valence electrons. The van der Waals surface area contributed by atoms with Crippen LogP contribution in [0.15, 0.2) is 6.33 Å². The summed E-state index contributed by atoms with van der Waals surface area (Å²) in [7, 11) is -3.42. The van der Waals surface area contributed by atoms with Crippen LogP contribution in [0.2, 0.25) is 0 Å². The molecule has 2 aromatic rings. The Balaban J connectivity index is 2.24. The number of nitrogens with one attached hydrogen (secondary N) is 2. The first-order valence-corrected chi connectivity index (χ1v) is 13.7.